The number of carbonyl (C=O) groups excluding carboxylic acids is 2. The normalized spacial score (nSPS) is 20.5. The summed E-state index contributed by atoms with van der Waals surface area (Å²) in [5.41, 5.74) is 0.349. The number of nitrogens with zero attached hydrogens (tertiary/aromatic N) is 2. The number of anilines is 1. The predicted octanol–water partition coefficient (Wildman–Crippen LogP) is 0.520. The standard InChI is InChI=1S/C13H13F2N3O4/c14-13(15)6-18(1-2-21-7-13)12(20)8-3-9-11(16-4-8)22-5-10(19)17-9/h3-4H,1-2,5-7H2,(H,17,19). The molecule has 1 N–H and O–H groups in total. The molecule has 3 rings (SSSR count). The maximum Gasteiger partial charge on any atom is 0.288 e. The second kappa shape index (κ2) is 5.48. The molecule has 0 saturated carbocycles. The highest BCUT2D eigenvalue weighted by atomic mass is 19.3. The largest absolute Gasteiger partial charge is 0.466 e. The molecule has 7 nitrogen and oxygen atoms in total. The Labute approximate surface area is 124 Å². The fourth-order valence-corrected chi connectivity index (χ4v) is 2.25. The highest BCUT2D eigenvalue weighted by Gasteiger charge is 2.36. The number of nitrogens with one attached hydrogen (secondary N) is 1. The van der Waals surface area contributed by atoms with E-state index in [0.717, 1.165) is 4.90 Å². The Morgan fingerprint density at radius 3 is 3.09 bits per heavy atom. The van der Waals surface area contributed by atoms with Crippen LogP contribution in [0.5, 0.6) is 5.88 Å². The van der Waals surface area contributed by atoms with Gasteiger partial charge in [0.1, 0.15) is 12.3 Å². The van der Waals surface area contributed by atoms with Crippen molar-refractivity contribution in [3.8, 4) is 5.88 Å². The molecule has 2 amide bonds. The van der Waals surface area contributed by atoms with E-state index in [1.165, 1.54) is 12.3 Å². The van der Waals surface area contributed by atoms with Gasteiger partial charge >= 0.3 is 0 Å². The third kappa shape index (κ3) is 2.98. The van der Waals surface area contributed by atoms with E-state index < -0.39 is 25.0 Å². The van der Waals surface area contributed by atoms with Gasteiger partial charge in [0.05, 0.1) is 18.7 Å². The monoisotopic (exact) mass is 313 g/mol. The summed E-state index contributed by atoms with van der Waals surface area (Å²) in [5, 5.41) is 2.52. The number of halogens is 2. The van der Waals surface area contributed by atoms with Gasteiger partial charge in [-0.25, -0.2) is 13.8 Å². The number of ether oxygens (including phenoxy) is 2. The quantitative estimate of drug-likeness (QED) is 0.817. The minimum Gasteiger partial charge on any atom is -0.466 e. The lowest BCUT2D eigenvalue weighted by Gasteiger charge is -2.24. The molecule has 1 fully saturated rings. The van der Waals surface area contributed by atoms with Crippen molar-refractivity contribution < 1.29 is 27.8 Å². The Morgan fingerprint density at radius 1 is 1.45 bits per heavy atom. The van der Waals surface area contributed by atoms with E-state index in [2.05, 4.69) is 10.3 Å². The summed E-state index contributed by atoms with van der Waals surface area (Å²) in [7, 11) is 0. The Kier molecular flexibility index (Phi) is 3.65. The molecule has 118 valence electrons. The van der Waals surface area contributed by atoms with E-state index in [1.54, 1.807) is 0 Å². The summed E-state index contributed by atoms with van der Waals surface area (Å²) in [4.78, 5) is 28.6. The first-order valence-electron chi connectivity index (χ1n) is 6.62. The number of hydrogen-bond acceptors (Lipinski definition) is 5. The fourth-order valence-electron chi connectivity index (χ4n) is 2.25. The number of aromatic nitrogens is 1. The number of amides is 2. The SMILES string of the molecule is O=C1COc2ncc(C(=O)N3CCOCC(F)(F)C3)cc2N1. The van der Waals surface area contributed by atoms with Crippen LogP contribution < -0.4 is 10.1 Å². The summed E-state index contributed by atoms with van der Waals surface area (Å²) in [6, 6.07) is 1.37. The van der Waals surface area contributed by atoms with Crippen LogP contribution in [0, 0.1) is 0 Å². The van der Waals surface area contributed by atoms with Gasteiger partial charge in [-0.2, -0.15) is 0 Å². The molecule has 0 aromatic carbocycles. The molecule has 1 saturated heterocycles. The zero-order valence-corrected chi connectivity index (χ0v) is 11.5. The molecule has 0 unspecified atom stereocenters. The Bertz CT molecular complexity index is 623. The third-order valence-electron chi connectivity index (χ3n) is 3.24. The lowest BCUT2D eigenvalue weighted by Crippen LogP contribution is -2.41. The summed E-state index contributed by atoms with van der Waals surface area (Å²) >= 11 is 0. The van der Waals surface area contributed by atoms with Crippen molar-refractivity contribution in [1.29, 1.82) is 0 Å². The van der Waals surface area contributed by atoms with Crippen molar-refractivity contribution in [3.05, 3.63) is 17.8 Å². The van der Waals surface area contributed by atoms with Crippen LogP contribution in [-0.2, 0) is 9.53 Å². The minimum atomic E-state index is -3.09. The van der Waals surface area contributed by atoms with E-state index in [0.29, 0.717) is 0 Å². The molecule has 0 aliphatic carbocycles. The van der Waals surface area contributed by atoms with Crippen LogP contribution in [0.1, 0.15) is 10.4 Å². The van der Waals surface area contributed by atoms with E-state index >= 15 is 0 Å². The zero-order valence-electron chi connectivity index (χ0n) is 11.5. The van der Waals surface area contributed by atoms with Crippen molar-refractivity contribution >= 4 is 17.5 Å². The van der Waals surface area contributed by atoms with Gasteiger partial charge in [0.15, 0.2) is 6.61 Å². The molecule has 3 heterocycles. The molecule has 1 aromatic rings. The Balaban J connectivity index is 1.82. The number of alkyl halides is 2. The van der Waals surface area contributed by atoms with Crippen LogP contribution in [-0.4, -0.2) is 60.5 Å². The number of carbonyl (C=O) groups is 2. The molecular weight excluding hydrogens is 300 g/mol. The Morgan fingerprint density at radius 2 is 2.27 bits per heavy atom. The zero-order chi connectivity index (χ0) is 15.7. The van der Waals surface area contributed by atoms with Crippen LogP contribution in [0.25, 0.3) is 0 Å². The van der Waals surface area contributed by atoms with Gasteiger partial charge in [-0.3, -0.25) is 9.59 Å². The second-order valence-electron chi connectivity index (χ2n) is 5.05. The highest BCUT2D eigenvalue weighted by molar-refractivity contribution is 5.99. The molecular formula is C13H13F2N3O4. The van der Waals surface area contributed by atoms with E-state index in [9.17, 15) is 18.4 Å². The summed E-state index contributed by atoms with van der Waals surface area (Å²) in [6.45, 7) is -1.47. The van der Waals surface area contributed by atoms with Gasteiger partial charge in [0.25, 0.3) is 17.7 Å². The van der Waals surface area contributed by atoms with Crippen molar-refractivity contribution in [2.75, 3.05) is 38.2 Å². The smallest absolute Gasteiger partial charge is 0.288 e. The average Bonchev–Trinajstić information content (AvgIpc) is 2.66. The maximum absolute atomic E-state index is 13.5. The first kappa shape index (κ1) is 14.6. The molecule has 9 heteroatoms. The van der Waals surface area contributed by atoms with E-state index in [-0.39, 0.29) is 42.8 Å². The summed E-state index contributed by atoms with van der Waals surface area (Å²) < 4.78 is 36.9. The van der Waals surface area contributed by atoms with Crippen LogP contribution in [0.4, 0.5) is 14.5 Å². The van der Waals surface area contributed by atoms with E-state index in [1.807, 2.05) is 0 Å². The van der Waals surface area contributed by atoms with Crippen molar-refractivity contribution in [3.63, 3.8) is 0 Å². The summed E-state index contributed by atoms with van der Waals surface area (Å²) in [5.74, 6) is -3.86. The van der Waals surface area contributed by atoms with Gasteiger partial charge < -0.3 is 19.7 Å². The fraction of sp³-hybridized carbons (Fsp3) is 0.462. The molecule has 0 atom stereocenters. The van der Waals surface area contributed by atoms with Gasteiger partial charge in [-0.1, -0.05) is 0 Å². The topological polar surface area (TPSA) is 80.8 Å². The van der Waals surface area contributed by atoms with Crippen LogP contribution in [0.15, 0.2) is 12.3 Å². The van der Waals surface area contributed by atoms with E-state index in [4.69, 9.17) is 9.47 Å². The average molecular weight is 313 g/mol. The van der Waals surface area contributed by atoms with Crippen LogP contribution >= 0.6 is 0 Å². The third-order valence-corrected chi connectivity index (χ3v) is 3.24. The van der Waals surface area contributed by atoms with Gasteiger partial charge in [-0.15, -0.1) is 0 Å². The first-order chi connectivity index (χ1) is 10.4. The number of rotatable bonds is 1. The molecule has 0 bridgehead atoms. The van der Waals surface area contributed by atoms with Crippen LogP contribution in [0.2, 0.25) is 0 Å². The van der Waals surface area contributed by atoms with Crippen molar-refractivity contribution in [2.24, 2.45) is 0 Å². The van der Waals surface area contributed by atoms with Crippen LogP contribution in [0.3, 0.4) is 0 Å². The van der Waals surface area contributed by atoms with Gasteiger partial charge in [0.2, 0.25) is 5.88 Å². The number of pyridine rings is 1. The lowest BCUT2D eigenvalue weighted by atomic mass is 10.2. The molecule has 0 radical (unpaired) electrons. The number of fused-ring (bicyclic) bond motifs is 1. The van der Waals surface area contributed by atoms with Gasteiger partial charge in [0, 0.05) is 12.7 Å². The molecule has 2 aliphatic heterocycles. The van der Waals surface area contributed by atoms with Crippen molar-refractivity contribution in [2.45, 2.75) is 5.92 Å². The molecule has 1 aromatic heterocycles. The first-order valence-corrected chi connectivity index (χ1v) is 6.62. The number of hydrogen-bond donors (Lipinski definition) is 1. The van der Waals surface area contributed by atoms with Gasteiger partial charge in [-0.05, 0) is 6.07 Å². The second-order valence-corrected chi connectivity index (χ2v) is 5.05. The molecule has 22 heavy (non-hydrogen) atoms. The lowest BCUT2D eigenvalue weighted by molar-refractivity contribution is -0.118. The highest BCUT2D eigenvalue weighted by Crippen LogP contribution is 2.27. The van der Waals surface area contributed by atoms with Crippen molar-refractivity contribution in [1.82, 2.24) is 9.88 Å². The predicted molar refractivity (Wildman–Crippen MR) is 70.0 cm³/mol. The minimum absolute atomic E-state index is 0.0412. The maximum atomic E-state index is 13.5. The molecule has 2 aliphatic rings. The Hall–Kier alpha value is -2.29. The molecule has 0 spiro atoms. The summed E-state index contributed by atoms with van der Waals surface area (Å²) in [6.07, 6.45) is 1.24.